The molecule has 0 amide bonds. The summed E-state index contributed by atoms with van der Waals surface area (Å²) in [6.07, 6.45) is 0.595. The molecule has 0 aromatic heterocycles. The van der Waals surface area contributed by atoms with Crippen molar-refractivity contribution in [3.63, 3.8) is 0 Å². The second kappa shape index (κ2) is 5.11. The molecule has 0 rings (SSSR count). The third-order valence-electron chi connectivity index (χ3n) is 1.83. The van der Waals surface area contributed by atoms with Crippen LogP contribution in [0.25, 0.3) is 0 Å². The third-order valence-corrected chi connectivity index (χ3v) is 1.83. The Bertz CT molecular complexity index is 155. The molecule has 1 unspecified atom stereocenters. The summed E-state index contributed by atoms with van der Waals surface area (Å²) < 4.78 is 0. The molecule has 4 nitrogen and oxygen atoms in total. The second-order valence-corrected chi connectivity index (χ2v) is 2.85. The highest BCUT2D eigenvalue weighted by atomic mass is 16.3. The van der Waals surface area contributed by atoms with E-state index in [1.165, 1.54) is 0 Å². The van der Waals surface area contributed by atoms with Crippen LogP contribution >= 0.6 is 0 Å². The van der Waals surface area contributed by atoms with Gasteiger partial charge in [-0.1, -0.05) is 6.92 Å². The van der Waals surface area contributed by atoms with Gasteiger partial charge in [-0.25, -0.2) is 0 Å². The molecule has 0 heterocycles. The van der Waals surface area contributed by atoms with Gasteiger partial charge in [-0.15, -0.1) is 0 Å². The van der Waals surface area contributed by atoms with Gasteiger partial charge in [-0.05, 0) is 13.3 Å². The lowest BCUT2D eigenvalue weighted by Crippen LogP contribution is -2.45. The van der Waals surface area contributed by atoms with E-state index in [-0.39, 0.29) is 6.61 Å². The molecule has 0 aliphatic heterocycles. The normalized spacial score (nSPS) is 17.2. The zero-order valence-corrected chi connectivity index (χ0v) is 7.96. The Morgan fingerprint density at radius 1 is 1.58 bits per heavy atom. The van der Waals surface area contributed by atoms with E-state index < -0.39 is 5.60 Å². The summed E-state index contributed by atoms with van der Waals surface area (Å²) in [7, 11) is 1.61. The van der Waals surface area contributed by atoms with Crippen molar-refractivity contribution in [2.75, 3.05) is 20.2 Å². The number of hydrogen-bond donors (Lipinski definition) is 3. The van der Waals surface area contributed by atoms with E-state index in [1.54, 1.807) is 14.0 Å². The van der Waals surface area contributed by atoms with Gasteiger partial charge in [0.15, 0.2) is 0 Å². The lowest BCUT2D eigenvalue weighted by atomic mass is 10.0. The van der Waals surface area contributed by atoms with E-state index >= 15 is 0 Å². The molecule has 0 aliphatic rings. The van der Waals surface area contributed by atoms with Crippen molar-refractivity contribution in [2.45, 2.75) is 25.9 Å². The Morgan fingerprint density at radius 2 is 2.17 bits per heavy atom. The van der Waals surface area contributed by atoms with Crippen molar-refractivity contribution in [2.24, 2.45) is 4.99 Å². The molecule has 0 saturated heterocycles. The largest absolute Gasteiger partial charge is 0.395 e. The molecule has 0 aromatic rings. The first kappa shape index (κ1) is 11.4. The molecule has 0 spiro atoms. The number of nitrogens with one attached hydrogen (secondary N) is 1. The van der Waals surface area contributed by atoms with Crippen LogP contribution in [0, 0.1) is 0 Å². The number of rotatable bonds is 4. The number of nitrogens with zero attached hydrogens (tertiary/aromatic N) is 1. The molecular formula is C8H18N2O2. The summed E-state index contributed by atoms with van der Waals surface area (Å²) in [5.74, 6) is 0.527. The maximum absolute atomic E-state index is 9.73. The van der Waals surface area contributed by atoms with Gasteiger partial charge in [-0.3, -0.25) is 4.99 Å². The van der Waals surface area contributed by atoms with Crippen molar-refractivity contribution >= 4 is 5.84 Å². The average Bonchev–Trinajstić information content (AvgIpc) is 2.05. The molecule has 0 fully saturated rings. The molecule has 0 radical (unpaired) electrons. The lowest BCUT2D eigenvalue weighted by Gasteiger charge is -2.24. The topological polar surface area (TPSA) is 64.9 Å². The Hall–Kier alpha value is -0.610. The number of hydrogen-bond acceptors (Lipinski definition) is 3. The van der Waals surface area contributed by atoms with Crippen LogP contribution < -0.4 is 5.32 Å². The highest BCUT2D eigenvalue weighted by Crippen LogP contribution is 2.08. The van der Waals surface area contributed by atoms with Gasteiger partial charge in [0.25, 0.3) is 0 Å². The summed E-state index contributed by atoms with van der Waals surface area (Å²) >= 11 is 0. The van der Waals surface area contributed by atoms with Gasteiger partial charge in [0, 0.05) is 13.6 Å². The fourth-order valence-electron chi connectivity index (χ4n) is 0.852. The first-order valence-corrected chi connectivity index (χ1v) is 4.12. The van der Waals surface area contributed by atoms with E-state index in [9.17, 15) is 5.11 Å². The summed E-state index contributed by atoms with van der Waals surface area (Å²) in [4.78, 5) is 3.91. The quantitative estimate of drug-likeness (QED) is 0.407. The number of aliphatic hydroxyl groups is 2. The second-order valence-electron chi connectivity index (χ2n) is 2.85. The molecule has 0 bridgehead atoms. The molecule has 0 saturated carbocycles. The van der Waals surface area contributed by atoms with E-state index in [2.05, 4.69) is 10.3 Å². The van der Waals surface area contributed by atoms with E-state index in [0.29, 0.717) is 18.8 Å². The van der Waals surface area contributed by atoms with E-state index in [1.807, 2.05) is 6.92 Å². The molecule has 3 N–H and O–H groups in total. The lowest BCUT2D eigenvalue weighted by molar-refractivity contribution is 0.123. The van der Waals surface area contributed by atoms with Crippen molar-refractivity contribution in [1.82, 2.24) is 5.32 Å². The van der Waals surface area contributed by atoms with Gasteiger partial charge < -0.3 is 15.5 Å². The smallest absolute Gasteiger partial charge is 0.128 e. The Kier molecular flexibility index (Phi) is 4.85. The SMILES string of the molecule is CCC(C)(O)/C(=N/C)NCCO. The zero-order chi connectivity index (χ0) is 9.61. The Morgan fingerprint density at radius 3 is 2.50 bits per heavy atom. The van der Waals surface area contributed by atoms with Gasteiger partial charge in [0.05, 0.1) is 6.61 Å². The minimum atomic E-state index is -0.913. The molecule has 12 heavy (non-hydrogen) atoms. The van der Waals surface area contributed by atoms with Crippen molar-refractivity contribution in [1.29, 1.82) is 0 Å². The van der Waals surface area contributed by atoms with E-state index in [4.69, 9.17) is 5.11 Å². The van der Waals surface area contributed by atoms with Gasteiger partial charge >= 0.3 is 0 Å². The van der Waals surface area contributed by atoms with Crippen LogP contribution in [0.4, 0.5) is 0 Å². The summed E-state index contributed by atoms with van der Waals surface area (Å²) in [6.45, 7) is 4.03. The predicted molar refractivity (Wildman–Crippen MR) is 49.4 cm³/mol. The molecule has 1 atom stereocenters. The number of amidine groups is 1. The minimum Gasteiger partial charge on any atom is -0.395 e. The Balaban J connectivity index is 4.16. The first-order chi connectivity index (χ1) is 5.58. The number of aliphatic imine (C=N–C) groups is 1. The minimum absolute atomic E-state index is 0.0405. The third kappa shape index (κ3) is 3.19. The van der Waals surface area contributed by atoms with Gasteiger partial charge in [-0.2, -0.15) is 0 Å². The maximum atomic E-state index is 9.73. The average molecular weight is 174 g/mol. The molecular weight excluding hydrogens is 156 g/mol. The van der Waals surface area contributed by atoms with Crippen LogP contribution in [0.3, 0.4) is 0 Å². The maximum Gasteiger partial charge on any atom is 0.128 e. The van der Waals surface area contributed by atoms with Crippen LogP contribution in [-0.4, -0.2) is 41.8 Å². The van der Waals surface area contributed by atoms with Crippen LogP contribution in [-0.2, 0) is 0 Å². The summed E-state index contributed by atoms with van der Waals surface area (Å²) in [5, 5.41) is 21.1. The molecule has 4 heteroatoms. The van der Waals surface area contributed by atoms with Crippen LogP contribution in [0.5, 0.6) is 0 Å². The van der Waals surface area contributed by atoms with Gasteiger partial charge in [0.2, 0.25) is 0 Å². The predicted octanol–water partition coefficient (Wildman–Crippen LogP) is -0.242. The van der Waals surface area contributed by atoms with Crippen molar-refractivity contribution in [3.05, 3.63) is 0 Å². The Labute approximate surface area is 73.3 Å². The number of aliphatic hydroxyl groups excluding tert-OH is 1. The zero-order valence-electron chi connectivity index (χ0n) is 7.96. The van der Waals surface area contributed by atoms with Crippen LogP contribution in [0.2, 0.25) is 0 Å². The van der Waals surface area contributed by atoms with Gasteiger partial charge in [0.1, 0.15) is 11.4 Å². The highest BCUT2D eigenvalue weighted by molar-refractivity contribution is 5.89. The van der Waals surface area contributed by atoms with Crippen LogP contribution in [0.15, 0.2) is 4.99 Å². The monoisotopic (exact) mass is 174 g/mol. The standard InChI is InChI=1S/C8H18N2O2/c1-4-8(2,12)7(9-3)10-5-6-11/h11-12H,4-6H2,1-3H3,(H,9,10). The van der Waals surface area contributed by atoms with Crippen molar-refractivity contribution in [3.8, 4) is 0 Å². The molecule has 0 aliphatic carbocycles. The summed E-state index contributed by atoms with van der Waals surface area (Å²) in [5.41, 5.74) is -0.913. The van der Waals surface area contributed by atoms with E-state index in [0.717, 1.165) is 0 Å². The summed E-state index contributed by atoms with van der Waals surface area (Å²) in [6, 6.07) is 0. The molecule has 0 aromatic carbocycles. The van der Waals surface area contributed by atoms with Crippen LogP contribution in [0.1, 0.15) is 20.3 Å². The highest BCUT2D eigenvalue weighted by Gasteiger charge is 2.24. The first-order valence-electron chi connectivity index (χ1n) is 4.12. The van der Waals surface area contributed by atoms with Crippen molar-refractivity contribution < 1.29 is 10.2 Å². The fourth-order valence-corrected chi connectivity index (χ4v) is 0.852. The molecule has 72 valence electrons. The fraction of sp³-hybridized carbons (Fsp3) is 0.875.